The summed E-state index contributed by atoms with van der Waals surface area (Å²) in [6, 6.07) is 16.7. The van der Waals surface area contributed by atoms with E-state index in [1.807, 2.05) is 36.4 Å². The van der Waals surface area contributed by atoms with Crippen molar-refractivity contribution in [1.29, 1.82) is 0 Å². The molecule has 10 heteroatoms. The number of terminal acetylenes is 1. The summed E-state index contributed by atoms with van der Waals surface area (Å²) in [5, 5.41) is 6.31. The van der Waals surface area contributed by atoms with E-state index in [4.69, 9.17) is 6.42 Å². The van der Waals surface area contributed by atoms with Crippen molar-refractivity contribution in [3.05, 3.63) is 94.3 Å². The quantitative estimate of drug-likeness (QED) is 0.192. The predicted molar refractivity (Wildman–Crippen MR) is 177 cm³/mol. The zero-order chi connectivity index (χ0) is 32.7. The lowest BCUT2D eigenvalue weighted by molar-refractivity contribution is -0.136. The predicted octanol–water partition coefficient (Wildman–Crippen LogP) is 4.69. The lowest BCUT2D eigenvalue weighted by Crippen LogP contribution is -2.52. The van der Waals surface area contributed by atoms with E-state index < -0.39 is 11.9 Å². The molecule has 10 nitrogen and oxygen atoms in total. The van der Waals surface area contributed by atoms with Crippen molar-refractivity contribution in [2.75, 3.05) is 18.9 Å². The van der Waals surface area contributed by atoms with Crippen LogP contribution in [-0.4, -0.2) is 63.0 Å². The number of amides is 4. The van der Waals surface area contributed by atoms with Gasteiger partial charge in [0.2, 0.25) is 11.8 Å². The molecule has 3 aliphatic rings. The highest BCUT2D eigenvalue weighted by atomic mass is 16.2. The normalized spacial score (nSPS) is 20.3. The number of piperidine rings is 1. The maximum absolute atomic E-state index is 13.4. The molecule has 0 saturated carbocycles. The Morgan fingerprint density at radius 3 is 2.74 bits per heavy atom. The van der Waals surface area contributed by atoms with Crippen LogP contribution in [0.2, 0.25) is 0 Å². The zero-order valence-electron chi connectivity index (χ0n) is 26.2. The number of benzene rings is 2. The molecular formula is C37H36N6O4. The van der Waals surface area contributed by atoms with E-state index in [0.29, 0.717) is 42.2 Å². The molecule has 7 rings (SSSR count). The minimum atomic E-state index is -0.690. The van der Waals surface area contributed by atoms with E-state index in [1.54, 1.807) is 23.2 Å². The number of imide groups is 1. The number of hydrogen-bond acceptors (Lipinski definition) is 6. The monoisotopic (exact) mass is 628 g/mol. The number of fused-ring (bicyclic) bond motifs is 2. The van der Waals surface area contributed by atoms with Gasteiger partial charge in [0.05, 0.1) is 5.52 Å². The molecule has 2 saturated heterocycles. The molecule has 4 aromatic rings. The van der Waals surface area contributed by atoms with E-state index in [1.165, 1.54) is 6.42 Å². The second-order valence-corrected chi connectivity index (χ2v) is 12.8. The largest absolute Gasteiger partial charge is 0.357 e. The van der Waals surface area contributed by atoms with Crippen LogP contribution < -0.4 is 10.6 Å². The highest BCUT2D eigenvalue weighted by molar-refractivity contribution is 6.06. The lowest BCUT2D eigenvalue weighted by Gasteiger charge is -2.29. The van der Waals surface area contributed by atoms with Gasteiger partial charge in [-0.25, -0.2) is 4.98 Å². The minimum Gasteiger partial charge on any atom is -0.357 e. The van der Waals surface area contributed by atoms with Crippen LogP contribution in [0.1, 0.15) is 87.2 Å². The summed E-state index contributed by atoms with van der Waals surface area (Å²) in [7, 11) is 2.14. The number of aromatic nitrogens is 2. The topological polar surface area (TPSA) is 128 Å². The number of anilines is 1. The molecular weight excluding hydrogens is 592 g/mol. The molecule has 0 aliphatic carbocycles. The summed E-state index contributed by atoms with van der Waals surface area (Å²) < 4.78 is 0. The number of carbonyl (C=O) groups is 4. The van der Waals surface area contributed by atoms with Crippen molar-refractivity contribution in [2.24, 2.45) is 0 Å². The smallest absolute Gasteiger partial charge is 0.256 e. The van der Waals surface area contributed by atoms with Crippen LogP contribution in [-0.2, 0) is 22.6 Å². The van der Waals surface area contributed by atoms with Gasteiger partial charge in [0.1, 0.15) is 11.9 Å². The maximum atomic E-state index is 13.4. The van der Waals surface area contributed by atoms with Crippen LogP contribution in [0, 0.1) is 12.3 Å². The van der Waals surface area contributed by atoms with Gasteiger partial charge < -0.3 is 15.2 Å². The molecule has 2 fully saturated rings. The van der Waals surface area contributed by atoms with E-state index in [9.17, 15) is 19.2 Å². The van der Waals surface area contributed by atoms with Gasteiger partial charge in [-0.05, 0) is 86.1 Å². The second-order valence-electron chi connectivity index (χ2n) is 12.8. The number of carbonyl (C=O) groups excluding carboxylic acids is 4. The first kappa shape index (κ1) is 30.4. The van der Waals surface area contributed by atoms with Gasteiger partial charge in [0.15, 0.2) is 0 Å². The van der Waals surface area contributed by atoms with E-state index in [0.717, 1.165) is 46.3 Å². The molecule has 3 N–H and O–H groups in total. The molecule has 2 aromatic heterocycles. The molecule has 3 aliphatic heterocycles. The van der Waals surface area contributed by atoms with Gasteiger partial charge in [0, 0.05) is 59.9 Å². The molecule has 1 unspecified atom stereocenters. The Labute approximate surface area is 272 Å². The fraction of sp³-hybridized carbons (Fsp3) is 0.324. The number of aromatic amines is 1. The Bertz CT molecular complexity index is 1960. The summed E-state index contributed by atoms with van der Waals surface area (Å²) in [6.45, 7) is 1.36. The molecule has 0 bridgehead atoms. The number of nitrogens with zero attached hydrogens (tertiary/aromatic N) is 3. The first-order valence-corrected chi connectivity index (χ1v) is 16.1. The number of rotatable bonds is 8. The van der Waals surface area contributed by atoms with Crippen LogP contribution in [0.5, 0.6) is 0 Å². The van der Waals surface area contributed by atoms with Crippen molar-refractivity contribution >= 4 is 40.3 Å². The van der Waals surface area contributed by atoms with Crippen molar-refractivity contribution in [2.45, 2.75) is 63.1 Å². The highest BCUT2D eigenvalue weighted by Crippen LogP contribution is 2.36. The summed E-state index contributed by atoms with van der Waals surface area (Å²) in [5.74, 6) is 1.90. The van der Waals surface area contributed by atoms with E-state index in [-0.39, 0.29) is 36.6 Å². The van der Waals surface area contributed by atoms with Gasteiger partial charge >= 0.3 is 0 Å². The van der Waals surface area contributed by atoms with Gasteiger partial charge in [-0.15, -0.1) is 12.3 Å². The summed E-state index contributed by atoms with van der Waals surface area (Å²) in [4.78, 5) is 63.0. The first-order valence-electron chi connectivity index (χ1n) is 16.1. The van der Waals surface area contributed by atoms with Crippen molar-refractivity contribution < 1.29 is 19.2 Å². The summed E-state index contributed by atoms with van der Waals surface area (Å²) in [6.07, 6.45) is 11.4. The Morgan fingerprint density at radius 2 is 1.96 bits per heavy atom. The van der Waals surface area contributed by atoms with Crippen LogP contribution >= 0.6 is 0 Å². The van der Waals surface area contributed by atoms with Gasteiger partial charge in [-0.3, -0.25) is 29.4 Å². The number of H-pyrrole nitrogens is 1. The average molecular weight is 629 g/mol. The zero-order valence-corrected chi connectivity index (χ0v) is 26.2. The molecule has 2 aromatic carbocycles. The molecule has 3 atom stereocenters. The second kappa shape index (κ2) is 12.5. The molecule has 5 heterocycles. The fourth-order valence-corrected chi connectivity index (χ4v) is 7.34. The SMILES string of the molecule is C#CCC(Cc1cccc(C(=O)Nc2cc3[nH]c([C@H]4CCCN4C)cc3cn2)c1)c1cccc2c1CN([C@H]1CCC(=O)NC1=O)C2=O. The standard InChI is InChI=1S/C37H36N6O4/c1-3-7-23(26-10-5-11-27-28(26)21-43(37(27)47)32-13-14-34(44)41-36(32)46)16-22-8-4-9-24(17-22)35(45)40-33-19-29-25(20-38-33)18-30(39-29)31-12-6-15-42(31)2/h1,4-5,8-11,17-20,23,31-32,39H,6-7,12-16,21H2,2H3,(H,38,40,45)(H,41,44,46)/t23?,31-,32+/m1/s1. The van der Waals surface area contributed by atoms with Crippen LogP contribution in [0.25, 0.3) is 10.9 Å². The Morgan fingerprint density at radius 1 is 1.11 bits per heavy atom. The molecule has 0 radical (unpaired) electrons. The first-order chi connectivity index (χ1) is 22.8. The van der Waals surface area contributed by atoms with Crippen LogP contribution in [0.15, 0.2) is 60.8 Å². The van der Waals surface area contributed by atoms with Crippen molar-refractivity contribution in [3.63, 3.8) is 0 Å². The molecule has 0 spiro atoms. The van der Waals surface area contributed by atoms with Gasteiger partial charge in [0.25, 0.3) is 11.8 Å². The average Bonchev–Trinajstić information content (AvgIpc) is 3.77. The Balaban J connectivity index is 1.08. The molecule has 4 amide bonds. The number of pyridine rings is 1. The minimum absolute atomic E-state index is 0.118. The van der Waals surface area contributed by atoms with E-state index in [2.05, 4.69) is 44.5 Å². The number of likely N-dealkylation sites (tertiary alicyclic amines) is 1. The Kier molecular flexibility index (Phi) is 8.08. The van der Waals surface area contributed by atoms with Gasteiger partial charge in [-0.1, -0.05) is 24.3 Å². The highest BCUT2D eigenvalue weighted by Gasteiger charge is 2.40. The van der Waals surface area contributed by atoms with E-state index >= 15 is 0 Å². The van der Waals surface area contributed by atoms with Crippen LogP contribution in [0.3, 0.4) is 0 Å². The maximum Gasteiger partial charge on any atom is 0.256 e. The van der Waals surface area contributed by atoms with Gasteiger partial charge in [-0.2, -0.15) is 0 Å². The Hall–Kier alpha value is -5.27. The summed E-state index contributed by atoms with van der Waals surface area (Å²) >= 11 is 0. The third-order valence-corrected chi connectivity index (χ3v) is 9.74. The third kappa shape index (κ3) is 5.90. The lowest BCUT2D eigenvalue weighted by atomic mass is 9.85. The third-order valence-electron chi connectivity index (χ3n) is 9.74. The summed E-state index contributed by atoms with van der Waals surface area (Å²) in [5.41, 5.74) is 5.88. The number of nitrogens with one attached hydrogen (secondary N) is 3. The number of hydrogen-bond donors (Lipinski definition) is 3. The fourth-order valence-electron chi connectivity index (χ4n) is 7.34. The van der Waals surface area contributed by atoms with Crippen molar-refractivity contribution in [3.8, 4) is 12.3 Å². The molecule has 47 heavy (non-hydrogen) atoms. The van der Waals surface area contributed by atoms with Crippen molar-refractivity contribution in [1.82, 2.24) is 25.1 Å². The van der Waals surface area contributed by atoms with Crippen LogP contribution in [0.4, 0.5) is 5.82 Å². The molecule has 238 valence electrons.